The van der Waals surface area contributed by atoms with Gasteiger partial charge in [-0.3, -0.25) is 0 Å². The molecule has 1 fully saturated rings. The fraction of sp³-hybridized carbons (Fsp3) is 0.375. The number of rotatable bonds is 4. The fourth-order valence-corrected chi connectivity index (χ4v) is 2.85. The number of piperidine rings is 1. The van der Waals surface area contributed by atoms with Crippen molar-refractivity contribution >= 4 is 17.4 Å². The lowest BCUT2D eigenvalue weighted by Crippen LogP contribution is -2.38. The maximum atomic E-state index is 13.8. The van der Waals surface area contributed by atoms with Crippen LogP contribution in [0.15, 0.2) is 36.7 Å². The molecule has 1 saturated heterocycles. The summed E-state index contributed by atoms with van der Waals surface area (Å²) in [6.07, 6.45) is 5.29. The molecular formula is C16H17ClFN3O. The Hall–Kier alpha value is -1.88. The Morgan fingerprint density at radius 1 is 1.27 bits per heavy atom. The zero-order valence-electron chi connectivity index (χ0n) is 12.1. The van der Waals surface area contributed by atoms with Gasteiger partial charge in [0.05, 0.1) is 6.61 Å². The van der Waals surface area contributed by atoms with E-state index in [4.69, 9.17) is 16.3 Å². The standard InChI is InChI=1S/C16H17ClFN3O/c17-13-5-1-8-20-16(13)22-11-12-4-3-9-21(10-12)15-14(18)6-2-7-19-15/h1-2,5-8,12H,3-4,9-11H2. The molecule has 0 radical (unpaired) electrons. The van der Waals surface area contributed by atoms with E-state index in [0.29, 0.717) is 29.2 Å². The summed E-state index contributed by atoms with van der Waals surface area (Å²) < 4.78 is 19.5. The van der Waals surface area contributed by atoms with Crippen LogP contribution >= 0.6 is 11.6 Å². The van der Waals surface area contributed by atoms with Crippen molar-refractivity contribution in [2.45, 2.75) is 12.8 Å². The van der Waals surface area contributed by atoms with Crippen LogP contribution in [0.4, 0.5) is 10.2 Å². The Bertz CT molecular complexity index is 640. The van der Waals surface area contributed by atoms with E-state index in [1.54, 1.807) is 30.6 Å². The zero-order valence-corrected chi connectivity index (χ0v) is 12.8. The van der Waals surface area contributed by atoms with E-state index in [1.807, 2.05) is 4.90 Å². The van der Waals surface area contributed by atoms with Crippen molar-refractivity contribution in [1.82, 2.24) is 9.97 Å². The maximum absolute atomic E-state index is 13.8. The highest BCUT2D eigenvalue weighted by atomic mass is 35.5. The number of anilines is 1. The van der Waals surface area contributed by atoms with Crippen molar-refractivity contribution in [2.75, 3.05) is 24.6 Å². The van der Waals surface area contributed by atoms with Crippen molar-refractivity contribution in [2.24, 2.45) is 5.92 Å². The molecule has 1 aliphatic heterocycles. The lowest BCUT2D eigenvalue weighted by molar-refractivity contribution is 0.221. The molecular weight excluding hydrogens is 305 g/mol. The summed E-state index contributed by atoms with van der Waals surface area (Å²) in [4.78, 5) is 10.2. The van der Waals surface area contributed by atoms with E-state index >= 15 is 0 Å². The Kier molecular flexibility index (Phi) is 4.73. The molecule has 0 bridgehead atoms. The predicted octanol–water partition coefficient (Wildman–Crippen LogP) is 3.56. The smallest absolute Gasteiger partial charge is 0.232 e. The number of pyridine rings is 2. The third-order valence-electron chi connectivity index (χ3n) is 3.74. The highest BCUT2D eigenvalue weighted by molar-refractivity contribution is 6.31. The molecule has 4 nitrogen and oxygen atoms in total. The predicted molar refractivity (Wildman–Crippen MR) is 83.9 cm³/mol. The number of hydrogen-bond acceptors (Lipinski definition) is 4. The van der Waals surface area contributed by atoms with Crippen LogP contribution in [0.1, 0.15) is 12.8 Å². The molecule has 116 valence electrons. The molecule has 0 aliphatic carbocycles. The maximum Gasteiger partial charge on any atom is 0.232 e. The first-order valence-electron chi connectivity index (χ1n) is 7.33. The minimum absolute atomic E-state index is 0.281. The quantitative estimate of drug-likeness (QED) is 0.863. The second-order valence-corrected chi connectivity index (χ2v) is 5.77. The van der Waals surface area contributed by atoms with Gasteiger partial charge in [-0.15, -0.1) is 0 Å². The van der Waals surface area contributed by atoms with Crippen LogP contribution in [0.3, 0.4) is 0 Å². The lowest BCUT2D eigenvalue weighted by Gasteiger charge is -2.33. The number of hydrogen-bond donors (Lipinski definition) is 0. The second kappa shape index (κ2) is 6.92. The molecule has 0 aromatic carbocycles. The van der Waals surface area contributed by atoms with Gasteiger partial charge in [-0.05, 0) is 37.1 Å². The van der Waals surface area contributed by atoms with E-state index in [0.717, 1.165) is 25.9 Å². The number of aromatic nitrogens is 2. The van der Waals surface area contributed by atoms with Crippen molar-refractivity contribution in [1.29, 1.82) is 0 Å². The Labute approximate surface area is 133 Å². The molecule has 2 aromatic rings. The van der Waals surface area contributed by atoms with Crippen LogP contribution in [0.2, 0.25) is 5.02 Å². The van der Waals surface area contributed by atoms with Crippen LogP contribution in [-0.4, -0.2) is 29.7 Å². The van der Waals surface area contributed by atoms with E-state index in [1.165, 1.54) is 6.07 Å². The van der Waals surface area contributed by atoms with Crippen LogP contribution in [0.25, 0.3) is 0 Å². The molecule has 6 heteroatoms. The Balaban J connectivity index is 1.62. The van der Waals surface area contributed by atoms with E-state index in [2.05, 4.69) is 9.97 Å². The second-order valence-electron chi connectivity index (χ2n) is 5.36. The molecule has 1 aliphatic rings. The van der Waals surface area contributed by atoms with Gasteiger partial charge in [-0.1, -0.05) is 11.6 Å². The summed E-state index contributed by atoms with van der Waals surface area (Å²) in [5.74, 6) is 0.887. The van der Waals surface area contributed by atoms with Crippen LogP contribution < -0.4 is 9.64 Å². The summed E-state index contributed by atoms with van der Waals surface area (Å²) in [7, 11) is 0. The summed E-state index contributed by atoms with van der Waals surface area (Å²) in [6, 6.07) is 6.56. The minimum Gasteiger partial charge on any atom is -0.476 e. The molecule has 2 aromatic heterocycles. The van der Waals surface area contributed by atoms with Gasteiger partial charge in [0.1, 0.15) is 5.02 Å². The van der Waals surface area contributed by atoms with Gasteiger partial charge < -0.3 is 9.64 Å². The summed E-state index contributed by atoms with van der Waals surface area (Å²) in [5.41, 5.74) is 0. The molecule has 3 heterocycles. The molecule has 22 heavy (non-hydrogen) atoms. The fourth-order valence-electron chi connectivity index (χ4n) is 2.68. The first kappa shape index (κ1) is 15.0. The third kappa shape index (κ3) is 3.47. The molecule has 1 atom stereocenters. The molecule has 0 saturated carbocycles. The van der Waals surface area contributed by atoms with E-state index in [-0.39, 0.29) is 5.82 Å². The molecule has 0 spiro atoms. The SMILES string of the molecule is Fc1cccnc1N1CCCC(COc2ncccc2Cl)C1. The van der Waals surface area contributed by atoms with Crippen LogP contribution in [-0.2, 0) is 0 Å². The van der Waals surface area contributed by atoms with Crippen molar-refractivity contribution in [3.8, 4) is 5.88 Å². The van der Waals surface area contributed by atoms with Gasteiger partial charge in [-0.2, -0.15) is 0 Å². The zero-order chi connectivity index (χ0) is 15.4. The van der Waals surface area contributed by atoms with Gasteiger partial charge >= 0.3 is 0 Å². The van der Waals surface area contributed by atoms with Crippen molar-refractivity contribution < 1.29 is 9.13 Å². The Morgan fingerprint density at radius 3 is 2.91 bits per heavy atom. The monoisotopic (exact) mass is 321 g/mol. The molecule has 1 unspecified atom stereocenters. The highest BCUT2D eigenvalue weighted by Crippen LogP contribution is 2.25. The largest absolute Gasteiger partial charge is 0.476 e. The average molecular weight is 322 g/mol. The van der Waals surface area contributed by atoms with Crippen molar-refractivity contribution in [3.05, 3.63) is 47.5 Å². The van der Waals surface area contributed by atoms with E-state index < -0.39 is 0 Å². The lowest BCUT2D eigenvalue weighted by atomic mass is 9.99. The molecule has 0 N–H and O–H groups in total. The average Bonchev–Trinajstić information content (AvgIpc) is 2.55. The molecule has 0 amide bonds. The van der Waals surface area contributed by atoms with Crippen LogP contribution in [0, 0.1) is 11.7 Å². The number of nitrogens with zero attached hydrogens (tertiary/aromatic N) is 3. The van der Waals surface area contributed by atoms with Gasteiger partial charge in [0.15, 0.2) is 11.6 Å². The summed E-state index contributed by atoms with van der Waals surface area (Å²) >= 11 is 6.03. The first-order chi connectivity index (χ1) is 10.7. The normalized spacial score (nSPS) is 18.3. The third-order valence-corrected chi connectivity index (χ3v) is 4.03. The topological polar surface area (TPSA) is 38.2 Å². The first-order valence-corrected chi connectivity index (χ1v) is 7.70. The minimum atomic E-state index is -0.281. The van der Waals surface area contributed by atoms with Gasteiger partial charge in [0.2, 0.25) is 5.88 Å². The Morgan fingerprint density at radius 2 is 2.09 bits per heavy atom. The van der Waals surface area contributed by atoms with Gasteiger partial charge in [-0.25, -0.2) is 14.4 Å². The van der Waals surface area contributed by atoms with Gasteiger partial charge in [0, 0.05) is 31.4 Å². The van der Waals surface area contributed by atoms with Crippen LogP contribution in [0.5, 0.6) is 5.88 Å². The molecule has 3 rings (SSSR count). The van der Waals surface area contributed by atoms with Gasteiger partial charge in [0.25, 0.3) is 0 Å². The highest BCUT2D eigenvalue weighted by Gasteiger charge is 2.23. The van der Waals surface area contributed by atoms with E-state index in [9.17, 15) is 4.39 Å². The van der Waals surface area contributed by atoms with Crippen molar-refractivity contribution in [3.63, 3.8) is 0 Å². The number of halogens is 2. The summed E-state index contributed by atoms with van der Waals surface area (Å²) in [6.45, 7) is 2.05. The number of ether oxygens (including phenoxy) is 1. The summed E-state index contributed by atoms with van der Waals surface area (Å²) in [5, 5.41) is 0.505.